The van der Waals surface area contributed by atoms with Crippen LogP contribution in [0.15, 0.2) is 0 Å². The van der Waals surface area contributed by atoms with E-state index in [9.17, 15) is 50.8 Å². The second-order valence-electron chi connectivity index (χ2n) is 9.05. The highest BCUT2D eigenvalue weighted by molar-refractivity contribution is 5.73. The van der Waals surface area contributed by atoms with Gasteiger partial charge in [0, 0.05) is 6.92 Å². The predicted octanol–water partition coefficient (Wildman–Crippen LogP) is -6.40. The lowest BCUT2D eigenvalue weighted by molar-refractivity contribution is -0.370. The average Bonchev–Trinajstić information content (AvgIpc) is 2.84. The molecule has 0 aliphatic carbocycles. The SMILES string of the molecule is CC(=O)N[C@H]1C(O)OC(CO)[C@H](O[C@H]2OC(C)[C@@H](O)C(O)C2O)[C@@H]1OC1OC(CO)[C@H](O)C(O)C1O. The van der Waals surface area contributed by atoms with Crippen LogP contribution < -0.4 is 5.32 Å². The van der Waals surface area contributed by atoms with Gasteiger partial charge in [-0.1, -0.05) is 0 Å². The van der Waals surface area contributed by atoms with E-state index in [4.69, 9.17) is 23.7 Å². The third-order valence-electron chi connectivity index (χ3n) is 6.45. The zero-order chi connectivity index (χ0) is 26.9. The minimum absolute atomic E-state index is 0.646. The number of amides is 1. The van der Waals surface area contributed by atoms with Crippen LogP contribution in [-0.2, 0) is 28.5 Å². The van der Waals surface area contributed by atoms with E-state index in [-0.39, 0.29) is 0 Å². The van der Waals surface area contributed by atoms with Gasteiger partial charge in [0.1, 0.15) is 67.1 Å². The minimum atomic E-state index is -1.86. The van der Waals surface area contributed by atoms with Crippen molar-refractivity contribution in [2.75, 3.05) is 13.2 Å². The van der Waals surface area contributed by atoms with E-state index >= 15 is 0 Å². The number of carbonyl (C=O) groups is 1. The Hall–Kier alpha value is -1.09. The fourth-order valence-electron chi connectivity index (χ4n) is 4.40. The first-order valence-electron chi connectivity index (χ1n) is 11.4. The zero-order valence-electron chi connectivity index (χ0n) is 19.5. The molecule has 3 fully saturated rings. The number of hydrogen-bond donors (Lipinski definition) is 10. The van der Waals surface area contributed by atoms with Crippen molar-refractivity contribution in [1.82, 2.24) is 5.32 Å². The smallest absolute Gasteiger partial charge is 0.217 e. The standard InChI is InChI=1S/C20H35NO15/c1-5-10(25)12(27)14(29)19(32-5)35-16-8(4-23)33-18(31)9(21-6(2)24)17(16)36-20-15(30)13(28)11(26)7(3-22)34-20/h5,7-20,22-23,25-31H,3-4H2,1-2H3,(H,21,24)/t5?,7?,8?,9-,10-,11+,12?,13?,14?,15?,16+,17-,18?,19-,20?/m1/s1. The summed E-state index contributed by atoms with van der Waals surface area (Å²) in [5.41, 5.74) is 0. The summed E-state index contributed by atoms with van der Waals surface area (Å²) in [5.74, 6) is -0.646. The molecule has 16 heteroatoms. The van der Waals surface area contributed by atoms with Crippen molar-refractivity contribution >= 4 is 5.91 Å². The van der Waals surface area contributed by atoms with Crippen molar-refractivity contribution < 1.29 is 74.4 Å². The Labute approximate surface area is 205 Å². The van der Waals surface area contributed by atoms with Crippen LogP contribution in [0.2, 0.25) is 0 Å². The van der Waals surface area contributed by atoms with Crippen molar-refractivity contribution in [3.63, 3.8) is 0 Å². The number of carbonyl (C=O) groups excluding carboxylic acids is 1. The maximum absolute atomic E-state index is 11.8. The molecule has 0 aromatic carbocycles. The summed E-state index contributed by atoms with van der Waals surface area (Å²) in [6, 6.07) is -1.42. The molecule has 0 saturated carbocycles. The van der Waals surface area contributed by atoms with Crippen LogP contribution in [-0.4, -0.2) is 157 Å². The predicted molar refractivity (Wildman–Crippen MR) is 111 cm³/mol. The van der Waals surface area contributed by atoms with Gasteiger partial charge >= 0.3 is 0 Å². The summed E-state index contributed by atoms with van der Waals surface area (Å²) in [7, 11) is 0. The van der Waals surface area contributed by atoms with Gasteiger partial charge in [0.15, 0.2) is 18.9 Å². The number of aliphatic hydroxyl groups is 9. The minimum Gasteiger partial charge on any atom is -0.394 e. The van der Waals surface area contributed by atoms with Crippen molar-refractivity contribution in [1.29, 1.82) is 0 Å². The molecule has 3 rings (SSSR count). The van der Waals surface area contributed by atoms with E-state index in [2.05, 4.69) is 5.32 Å². The molecule has 210 valence electrons. The van der Waals surface area contributed by atoms with E-state index in [0.717, 1.165) is 6.92 Å². The van der Waals surface area contributed by atoms with E-state index in [1.54, 1.807) is 0 Å². The van der Waals surface area contributed by atoms with E-state index in [1.807, 2.05) is 0 Å². The van der Waals surface area contributed by atoms with Gasteiger partial charge in [-0.15, -0.1) is 0 Å². The van der Waals surface area contributed by atoms with Gasteiger partial charge in [-0.3, -0.25) is 4.79 Å². The summed E-state index contributed by atoms with van der Waals surface area (Å²) in [6.07, 6.45) is -22.0. The van der Waals surface area contributed by atoms with Gasteiger partial charge in [-0.05, 0) is 6.92 Å². The molecule has 16 nitrogen and oxygen atoms in total. The average molecular weight is 529 g/mol. The number of aliphatic hydroxyl groups excluding tert-OH is 9. The fraction of sp³-hybridized carbons (Fsp3) is 0.950. The second kappa shape index (κ2) is 12.2. The normalized spacial score (nSPS) is 50.0. The van der Waals surface area contributed by atoms with Crippen LogP contribution in [0.4, 0.5) is 0 Å². The second-order valence-corrected chi connectivity index (χ2v) is 9.05. The maximum Gasteiger partial charge on any atom is 0.217 e. The number of hydrogen-bond acceptors (Lipinski definition) is 15. The Bertz CT molecular complexity index is 729. The molecule has 0 aromatic rings. The van der Waals surface area contributed by atoms with Crippen LogP contribution in [0.25, 0.3) is 0 Å². The molecule has 0 aromatic heterocycles. The van der Waals surface area contributed by atoms with Crippen molar-refractivity contribution in [2.45, 2.75) is 106 Å². The fourth-order valence-corrected chi connectivity index (χ4v) is 4.40. The first kappa shape index (κ1) is 29.5. The molecule has 10 N–H and O–H groups in total. The number of nitrogens with one attached hydrogen (secondary N) is 1. The molecule has 3 heterocycles. The zero-order valence-corrected chi connectivity index (χ0v) is 19.5. The lowest BCUT2D eigenvalue weighted by Gasteiger charge is -2.49. The van der Waals surface area contributed by atoms with Crippen LogP contribution in [0.1, 0.15) is 13.8 Å². The van der Waals surface area contributed by atoms with Crippen LogP contribution in [0, 0.1) is 0 Å². The molecule has 3 aliphatic rings. The van der Waals surface area contributed by atoms with E-state index < -0.39 is 111 Å². The summed E-state index contributed by atoms with van der Waals surface area (Å²) in [6.45, 7) is 1.00. The molecule has 1 amide bonds. The van der Waals surface area contributed by atoms with Crippen molar-refractivity contribution in [3.8, 4) is 0 Å². The van der Waals surface area contributed by atoms with Gasteiger partial charge in [0.05, 0.1) is 19.3 Å². The highest BCUT2D eigenvalue weighted by atomic mass is 16.7. The third-order valence-corrected chi connectivity index (χ3v) is 6.45. The lowest BCUT2D eigenvalue weighted by Crippen LogP contribution is -2.69. The lowest BCUT2D eigenvalue weighted by atomic mass is 9.94. The van der Waals surface area contributed by atoms with Crippen LogP contribution >= 0.6 is 0 Å². The highest BCUT2D eigenvalue weighted by Gasteiger charge is 2.54. The summed E-state index contributed by atoms with van der Waals surface area (Å²) < 4.78 is 27.7. The van der Waals surface area contributed by atoms with Crippen molar-refractivity contribution in [2.24, 2.45) is 0 Å². The largest absolute Gasteiger partial charge is 0.394 e. The van der Waals surface area contributed by atoms with Gasteiger partial charge in [0.2, 0.25) is 5.91 Å². The molecule has 0 spiro atoms. The molecule has 0 radical (unpaired) electrons. The van der Waals surface area contributed by atoms with Crippen LogP contribution in [0.5, 0.6) is 0 Å². The summed E-state index contributed by atoms with van der Waals surface area (Å²) >= 11 is 0. The van der Waals surface area contributed by atoms with Gasteiger partial charge in [0.25, 0.3) is 0 Å². The Morgan fingerprint density at radius 2 is 1.25 bits per heavy atom. The van der Waals surface area contributed by atoms with Gasteiger partial charge in [-0.25, -0.2) is 0 Å². The molecule has 3 saturated heterocycles. The van der Waals surface area contributed by atoms with Crippen molar-refractivity contribution in [3.05, 3.63) is 0 Å². The highest BCUT2D eigenvalue weighted by Crippen LogP contribution is 2.32. The van der Waals surface area contributed by atoms with Gasteiger partial charge in [-0.2, -0.15) is 0 Å². The quantitative estimate of drug-likeness (QED) is 0.147. The topological polar surface area (TPSA) is 257 Å². The maximum atomic E-state index is 11.8. The molecular formula is C20H35NO15. The summed E-state index contributed by atoms with van der Waals surface area (Å²) in [4.78, 5) is 11.8. The van der Waals surface area contributed by atoms with Gasteiger partial charge < -0.3 is 75.0 Å². The van der Waals surface area contributed by atoms with E-state index in [1.165, 1.54) is 6.92 Å². The van der Waals surface area contributed by atoms with Crippen LogP contribution in [0.3, 0.4) is 0 Å². The molecule has 3 aliphatic heterocycles. The third kappa shape index (κ3) is 5.97. The molecular weight excluding hydrogens is 494 g/mol. The Morgan fingerprint density at radius 1 is 0.722 bits per heavy atom. The first-order chi connectivity index (χ1) is 16.9. The molecule has 0 bridgehead atoms. The summed E-state index contributed by atoms with van der Waals surface area (Å²) in [5, 5.41) is 93.2. The number of rotatable bonds is 7. The Balaban J connectivity index is 1.92. The van der Waals surface area contributed by atoms with E-state index in [0.29, 0.717) is 0 Å². The Kier molecular flexibility index (Phi) is 9.97. The molecule has 9 unspecified atom stereocenters. The molecule has 15 atom stereocenters. The Morgan fingerprint density at radius 3 is 1.81 bits per heavy atom. The molecule has 36 heavy (non-hydrogen) atoms. The monoisotopic (exact) mass is 529 g/mol. The number of ether oxygens (including phenoxy) is 5. The first-order valence-corrected chi connectivity index (χ1v) is 11.4.